The Hall–Kier alpha value is -3.86. The van der Waals surface area contributed by atoms with Gasteiger partial charge in [-0.25, -0.2) is 4.90 Å². The molecule has 1 fully saturated rings. The topological polar surface area (TPSA) is 109 Å². The van der Waals surface area contributed by atoms with Crippen molar-refractivity contribution in [1.29, 1.82) is 0 Å². The van der Waals surface area contributed by atoms with E-state index in [4.69, 9.17) is 16.3 Å². The van der Waals surface area contributed by atoms with Crippen LogP contribution in [0.5, 0.6) is 5.75 Å². The van der Waals surface area contributed by atoms with E-state index in [1.54, 1.807) is 48.5 Å². The first kappa shape index (κ1) is 26.4. The lowest BCUT2D eigenvalue weighted by atomic mass is 9.82. The summed E-state index contributed by atoms with van der Waals surface area (Å²) < 4.78 is 5.99. The van der Waals surface area contributed by atoms with Crippen molar-refractivity contribution in [2.75, 3.05) is 16.8 Å². The number of hydrogen-bond donors (Lipinski definition) is 2. The lowest BCUT2D eigenvalue weighted by molar-refractivity contribution is -0.122. The van der Waals surface area contributed by atoms with Crippen molar-refractivity contribution in [3.05, 3.63) is 103 Å². The van der Waals surface area contributed by atoms with Gasteiger partial charge in [-0.15, -0.1) is 0 Å². The summed E-state index contributed by atoms with van der Waals surface area (Å²) in [5.41, 5.74) is 2.60. The number of hydrogen-bond acceptors (Lipinski definition) is 7. The molecule has 11 heteroatoms. The molecule has 3 atom stereocenters. The average molecular weight is 592 g/mol. The average Bonchev–Trinajstić information content (AvgIpc) is 3.43. The number of aryl methyl sites for hydroxylation is 1. The third kappa shape index (κ3) is 4.72. The fourth-order valence-electron chi connectivity index (χ4n) is 5.12. The van der Waals surface area contributed by atoms with Crippen LogP contribution >= 0.6 is 34.7 Å². The number of thioether (sulfide) groups is 1. The summed E-state index contributed by atoms with van der Waals surface area (Å²) >= 11 is 8.61. The number of benzene rings is 3. The van der Waals surface area contributed by atoms with Crippen molar-refractivity contribution in [2.45, 2.75) is 23.1 Å². The minimum absolute atomic E-state index is 0.288. The van der Waals surface area contributed by atoms with Gasteiger partial charge in [-0.2, -0.15) is 0 Å². The molecule has 6 rings (SSSR count). The largest absolute Gasteiger partial charge is 0.483 e. The minimum atomic E-state index is -0.807. The molecule has 0 bridgehead atoms. The molecule has 8 nitrogen and oxygen atoms in total. The zero-order valence-electron chi connectivity index (χ0n) is 21.1. The summed E-state index contributed by atoms with van der Waals surface area (Å²) in [6.45, 7) is 1.60. The number of ether oxygens (including phenoxy) is 1. The molecule has 4 aromatic rings. The normalized spacial score (nSPS) is 19.8. The third-order valence-corrected chi connectivity index (χ3v) is 9.56. The number of aromatic nitrogens is 1. The number of carbonyl (C=O) groups excluding carboxylic acids is 3. The Bertz CT molecular complexity index is 1700. The highest BCUT2D eigenvalue weighted by Crippen LogP contribution is 2.54. The zero-order valence-corrected chi connectivity index (χ0v) is 23.4. The van der Waals surface area contributed by atoms with Gasteiger partial charge < -0.3 is 15.0 Å². The number of halogens is 1. The van der Waals surface area contributed by atoms with E-state index >= 15 is 0 Å². The van der Waals surface area contributed by atoms with Crippen LogP contribution in [0.25, 0.3) is 0 Å². The van der Waals surface area contributed by atoms with Gasteiger partial charge in [-0.1, -0.05) is 71.1 Å². The SMILES string of the molecule is Cc1ccccc1NC(=O)COc1ccc(Cl)cc1C1c2sc(=O)[nH]c2SC2C(=O)N(c3ccccc3)C(=O)C21. The van der Waals surface area contributed by atoms with Crippen LogP contribution in [0.15, 0.2) is 82.6 Å². The van der Waals surface area contributed by atoms with Gasteiger partial charge in [0.15, 0.2) is 6.61 Å². The Labute approximate surface area is 242 Å². The molecule has 1 aromatic heterocycles. The number of aromatic amines is 1. The molecule has 3 amide bonds. The molecule has 0 radical (unpaired) electrons. The second kappa shape index (κ2) is 10.6. The second-order valence-electron chi connectivity index (χ2n) is 9.43. The van der Waals surface area contributed by atoms with Crippen LogP contribution in [0.2, 0.25) is 5.02 Å². The van der Waals surface area contributed by atoms with Crippen molar-refractivity contribution in [3.63, 3.8) is 0 Å². The first-order valence-corrected chi connectivity index (χ1v) is 14.5. The van der Waals surface area contributed by atoms with Gasteiger partial charge in [-0.3, -0.25) is 19.2 Å². The molecule has 1 saturated heterocycles. The number of amides is 3. The number of anilines is 2. The van der Waals surface area contributed by atoms with Crippen LogP contribution in [0.4, 0.5) is 11.4 Å². The van der Waals surface area contributed by atoms with E-state index in [-0.39, 0.29) is 29.2 Å². The summed E-state index contributed by atoms with van der Waals surface area (Å²) in [6, 6.07) is 21.1. The molecule has 3 heterocycles. The highest BCUT2D eigenvalue weighted by atomic mass is 35.5. The maximum absolute atomic E-state index is 13.9. The first-order chi connectivity index (χ1) is 19.3. The number of fused-ring (bicyclic) bond motifs is 2. The fourth-order valence-corrected chi connectivity index (χ4v) is 7.81. The van der Waals surface area contributed by atoms with Gasteiger partial charge in [0.1, 0.15) is 11.0 Å². The smallest absolute Gasteiger partial charge is 0.305 e. The van der Waals surface area contributed by atoms with E-state index in [1.807, 2.05) is 31.2 Å². The lowest BCUT2D eigenvalue weighted by Gasteiger charge is -2.31. The predicted molar refractivity (Wildman–Crippen MR) is 156 cm³/mol. The van der Waals surface area contributed by atoms with Gasteiger partial charge in [0.05, 0.1) is 16.6 Å². The highest BCUT2D eigenvalue weighted by Gasteiger charge is 2.56. The molecule has 2 N–H and O–H groups in total. The number of nitrogens with one attached hydrogen (secondary N) is 2. The maximum atomic E-state index is 13.9. The van der Waals surface area contributed by atoms with Crippen molar-refractivity contribution >= 4 is 63.8 Å². The first-order valence-electron chi connectivity index (χ1n) is 12.4. The summed E-state index contributed by atoms with van der Waals surface area (Å²) in [5, 5.41) is 3.02. The van der Waals surface area contributed by atoms with Gasteiger partial charge in [0.2, 0.25) is 11.8 Å². The van der Waals surface area contributed by atoms with E-state index in [9.17, 15) is 19.2 Å². The molecule has 2 aliphatic rings. The molecule has 0 spiro atoms. The Kier molecular flexibility index (Phi) is 6.99. The molecular formula is C29H22ClN3O5S2. The highest BCUT2D eigenvalue weighted by molar-refractivity contribution is 8.00. The van der Waals surface area contributed by atoms with Crippen LogP contribution < -0.4 is 19.8 Å². The Balaban J connectivity index is 1.37. The van der Waals surface area contributed by atoms with Crippen LogP contribution in [0.3, 0.4) is 0 Å². The van der Waals surface area contributed by atoms with Gasteiger partial charge in [0.25, 0.3) is 5.91 Å². The lowest BCUT2D eigenvalue weighted by Crippen LogP contribution is -2.32. The maximum Gasteiger partial charge on any atom is 0.305 e. The molecule has 0 saturated carbocycles. The fraction of sp³-hybridized carbons (Fsp3) is 0.172. The summed E-state index contributed by atoms with van der Waals surface area (Å²) in [5.74, 6) is -2.24. The standard InChI is InChI=1S/C29H22ClN3O5S2/c1-15-7-5-6-10-19(15)31-21(34)14-38-20-12-11-16(30)13-18(20)22-23-25(39-26-24(22)40-29(37)32-26)28(36)33(27(23)35)17-8-3-2-4-9-17/h2-13,22-23,25H,14H2,1H3,(H,31,34)(H,32,37). The third-order valence-electron chi connectivity index (χ3n) is 6.92. The van der Waals surface area contributed by atoms with E-state index in [0.717, 1.165) is 16.9 Å². The number of rotatable bonds is 6. The van der Waals surface area contributed by atoms with Crippen LogP contribution in [-0.4, -0.2) is 34.6 Å². The molecule has 40 heavy (non-hydrogen) atoms. The molecule has 0 aliphatic carbocycles. The monoisotopic (exact) mass is 591 g/mol. The van der Waals surface area contributed by atoms with Crippen LogP contribution in [0.1, 0.15) is 21.9 Å². The predicted octanol–water partition coefficient (Wildman–Crippen LogP) is 5.21. The van der Waals surface area contributed by atoms with Crippen LogP contribution in [0, 0.1) is 12.8 Å². The van der Waals surface area contributed by atoms with E-state index in [0.29, 0.717) is 37.6 Å². The number of thiazole rings is 1. The minimum Gasteiger partial charge on any atom is -0.483 e. The summed E-state index contributed by atoms with van der Waals surface area (Å²) in [4.78, 5) is 57.1. The number of imide groups is 1. The molecule has 2 aliphatic heterocycles. The van der Waals surface area contributed by atoms with Crippen molar-refractivity contribution < 1.29 is 19.1 Å². The van der Waals surface area contributed by atoms with Crippen LogP contribution in [-0.2, 0) is 14.4 Å². The second-order valence-corrected chi connectivity index (χ2v) is 12.0. The Morgan fingerprint density at radius 1 is 1.02 bits per heavy atom. The summed E-state index contributed by atoms with van der Waals surface area (Å²) in [7, 11) is 0. The zero-order chi connectivity index (χ0) is 28.0. The van der Waals surface area contributed by atoms with E-state index in [2.05, 4.69) is 10.3 Å². The Morgan fingerprint density at radius 3 is 2.55 bits per heavy atom. The van der Waals surface area contributed by atoms with Gasteiger partial charge >= 0.3 is 4.87 Å². The van der Waals surface area contributed by atoms with Crippen molar-refractivity contribution in [3.8, 4) is 5.75 Å². The van der Waals surface area contributed by atoms with Gasteiger partial charge in [-0.05, 0) is 48.9 Å². The molecule has 3 unspecified atom stereocenters. The van der Waals surface area contributed by atoms with Crippen molar-refractivity contribution in [2.24, 2.45) is 5.92 Å². The van der Waals surface area contributed by atoms with Gasteiger partial charge in [0, 0.05) is 27.1 Å². The van der Waals surface area contributed by atoms with E-state index < -0.39 is 17.1 Å². The number of para-hydroxylation sites is 2. The molecule has 3 aromatic carbocycles. The number of nitrogens with zero attached hydrogens (tertiary/aromatic N) is 1. The molecular weight excluding hydrogens is 570 g/mol. The molecule has 202 valence electrons. The number of carbonyl (C=O) groups is 3. The van der Waals surface area contributed by atoms with Crippen molar-refractivity contribution in [1.82, 2.24) is 4.98 Å². The Morgan fingerprint density at radius 2 is 1.77 bits per heavy atom. The van der Waals surface area contributed by atoms with E-state index in [1.165, 1.54) is 16.7 Å². The summed E-state index contributed by atoms with van der Waals surface area (Å²) in [6.07, 6.45) is 0. The quantitative estimate of drug-likeness (QED) is 0.298. The number of H-pyrrole nitrogens is 1.